The van der Waals surface area contributed by atoms with Gasteiger partial charge in [0.2, 0.25) is 0 Å². The summed E-state index contributed by atoms with van der Waals surface area (Å²) in [5, 5.41) is 21.3. The molecular formula is C18H16N4O4S. The van der Waals surface area contributed by atoms with Crippen molar-refractivity contribution in [2.75, 3.05) is 5.32 Å². The SMILES string of the molecule is CC(=O)/C(=C\n1c(=S)[nH]c2ccccc21)C(=O)Nc1ccc([NH+]([O-])O)cc1. The van der Waals surface area contributed by atoms with Crippen LogP contribution in [0.15, 0.2) is 54.1 Å². The molecule has 8 nitrogen and oxygen atoms in total. The predicted octanol–water partition coefficient (Wildman–Crippen LogP) is 2.17. The molecule has 1 atom stereocenters. The van der Waals surface area contributed by atoms with Crippen LogP contribution in [-0.2, 0) is 9.59 Å². The second kappa shape index (κ2) is 7.64. The fourth-order valence-corrected chi connectivity index (χ4v) is 2.80. The average molecular weight is 384 g/mol. The Morgan fingerprint density at radius 3 is 2.52 bits per heavy atom. The van der Waals surface area contributed by atoms with Gasteiger partial charge in [-0.1, -0.05) is 12.1 Å². The Bertz CT molecular complexity index is 1100. The smallest absolute Gasteiger partial charge is 0.260 e. The summed E-state index contributed by atoms with van der Waals surface area (Å²) < 4.78 is 1.92. The summed E-state index contributed by atoms with van der Waals surface area (Å²) in [4.78, 5) is 27.6. The molecule has 3 aromatic rings. The molecule has 0 radical (unpaired) electrons. The van der Waals surface area contributed by atoms with Gasteiger partial charge in [-0.05, 0) is 43.4 Å². The van der Waals surface area contributed by atoms with E-state index < -0.39 is 16.9 Å². The molecule has 1 amide bonds. The number of nitrogens with one attached hydrogen (secondary N) is 3. The molecular weight excluding hydrogens is 368 g/mol. The number of fused-ring (bicyclic) bond motifs is 1. The highest BCUT2D eigenvalue weighted by molar-refractivity contribution is 7.71. The van der Waals surface area contributed by atoms with Gasteiger partial charge in [0.1, 0.15) is 0 Å². The largest absolute Gasteiger partial charge is 0.595 e. The molecule has 9 heteroatoms. The molecule has 0 fully saturated rings. The molecule has 27 heavy (non-hydrogen) atoms. The van der Waals surface area contributed by atoms with E-state index in [2.05, 4.69) is 10.3 Å². The van der Waals surface area contributed by atoms with Gasteiger partial charge in [0.15, 0.2) is 16.2 Å². The van der Waals surface area contributed by atoms with Gasteiger partial charge in [0.25, 0.3) is 5.91 Å². The Kier molecular flexibility index (Phi) is 5.28. The van der Waals surface area contributed by atoms with Crippen LogP contribution >= 0.6 is 12.2 Å². The summed E-state index contributed by atoms with van der Waals surface area (Å²) in [6, 6.07) is 13.0. The van der Waals surface area contributed by atoms with E-state index in [1.807, 2.05) is 24.3 Å². The van der Waals surface area contributed by atoms with Crippen LogP contribution in [0.2, 0.25) is 0 Å². The average Bonchev–Trinajstić information content (AvgIpc) is 2.94. The Labute approximate surface area is 158 Å². The van der Waals surface area contributed by atoms with E-state index >= 15 is 0 Å². The standard InChI is InChI=1S/C18H16N4O4S/c1-11(23)14(10-21-16-5-3-2-4-15(16)20-18(21)27)17(24)19-12-6-8-13(9-7-12)22(25)26/h2-10,22,25H,1H3,(H,19,24)(H,20,27)/b14-10+. The van der Waals surface area contributed by atoms with Crippen LogP contribution in [0.25, 0.3) is 17.2 Å². The first-order valence-electron chi connectivity index (χ1n) is 7.93. The zero-order valence-electron chi connectivity index (χ0n) is 14.2. The number of aromatic nitrogens is 2. The van der Waals surface area contributed by atoms with Gasteiger partial charge >= 0.3 is 0 Å². The van der Waals surface area contributed by atoms with Crippen molar-refractivity contribution in [3.05, 3.63) is 64.1 Å². The van der Waals surface area contributed by atoms with Gasteiger partial charge < -0.3 is 15.5 Å². The number of anilines is 1. The van der Waals surface area contributed by atoms with Crippen molar-refractivity contribution in [1.82, 2.24) is 9.55 Å². The minimum absolute atomic E-state index is 0.0850. The molecule has 0 aliphatic heterocycles. The first-order chi connectivity index (χ1) is 12.9. The number of carbonyl (C=O) groups excluding carboxylic acids is 2. The van der Waals surface area contributed by atoms with Crippen LogP contribution < -0.4 is 10.5 Å². The highest BCUT2D eigenvalue weighted by atomic mass is 32.1. The van der Waals surface area contributed by atoms with Gasteiger partial charge in [-0.25, -0.2) is 5.21 Å². The molecule has 3 rings (SSSR count). The van der Waals surface area contributed by atoms with Crippen molar-refractivity contribution < 1.29 is 20.0 Å². The van der Waals surface area contributed by atoms with E-state index in [0.717, 1.165) is 11.0 Å². The number of benzene rings is 2. The predicted molar refractivity (Wildman–Crippen MR) is 103 cm³/mol. The number of amides is 1. The van der Waals surface area contributed by atoms with Crippen LogP contribution in [0.5, 0.6) is 0 Å². The maximum Gasteiger partial charge on any atom is 0.260 e. The van der Waals surface area contributed by atoms with Crippen LogP contribution in [0, 0.1) is 9.98 Å². The minimum atomic E-state index is -1.06. The number of ketones is 1. The number of Topliss-reactive ketones (excluding diaryl/α,β-unsaturated/α-hetero) is 1. The molecule has 4 N–H and O–H groups in total. The number of H-pyrrole nitrogens is 1. The quantitative estimate of drug-likeness (QED) is 0.177. The maximum absolute atomic E-state index is 12.6. The van der Waals surface area contributed by atoms with Crippen molar-refractivity contribution >= 4 is 52.5 Å². The van der Waals surface area contributed by atoms with E-state index in [-0.39, 0.29) is 11.3 Å². The molecule has 2 aromatic carbocycles. The van der Waals surface area contributed by atoms with Crippen molar-refractivity contribution in [2.24, 2.45) is 0 Å². The molecule has 138 valence electrons. The fourth-order valence-electron chi connectivity index (χ4n) is 2.54. The topological polar surface area (TPSA) is 115 Å². The molecule has 1 heterocycles. The number of hydrogen-bond acceptors (Lipinski definition) is 5. The lowest BCUT2D eigenvalue weighted by Crippen LogP contribution is -2.99. The molecule has 1 unspecified atom stereocenters. The Balaban J connectivity index is 1.94. The molecule has 0 spiro atoms. The first-order valence-corrected chi connectivity index (χ1v) is 8.34. The third-order valence-electron chi connectivity index (χ3n) is 3.90. The van der Waals surface area contributed by atoms with Crippen LogP contribution in [0.4, 0.5) is 11.4 Å². The Morgan fingerprint density at radius 2 is 1.89 bits per heavy atom. The van der Waals surface area contributed by atoms with E-state index in [1.165, 1.54) is 37.4 Å². The van der Waals surface area contributed by atoms with Gasteiger partial charge in [-0.3, -0.25) is 14.2 Å². The molecule has 1 aromatic heterocycles. The summed E-state index contributed by atoms with van der Waals surface area (Å²) in [5.41, 5.74) is 1.91. The van der Waals surface area contributed by atoms with Crippen molar-refractivity contribution in [1.29, 1.82) is 0 Å². The van der Waals surface area contributed by atoms with Crippen molar-refractivity contribution in [2.45, 2.75) is 6.92 Å². The molecule has 0 saturated carbocycles. The first kappa shape index (κ1) is 18.7. The summed E-state index contributed by atoms with van der Waals surface area (Å²) in [6.07, 6.45) is 1.39. The van der Waals surface area contributed by atoms with E-state index in [4.69, 9.17) is 17.4 Å². The Hall–Kier alpha value is -3.11. The number of para-hydroxylation sites is 2. The number of carbonyl (C=O) groups is 2. The lowest BCUT2D eigenvalue weighted by Gasteiger charge is -2.12. The molecule has 0 aliphatic rings. The molecule has 0 saturated heterocycles. The summed E-state index contributed by atoms with van der Waals surface area (Å²) in [6.45, 7) is 1.29. The zero-order valence-corrected chi connectivity index (χ0v) is 15.0. The van der Waals surface area contributed by atoms with Crippen LogP contribution in [0.3, 0.4) is 0 Å². The highest BCUT2D eigenvalue weighted by Crippen LogP contribution is 2.17. The monoisotopic (exact) mass is 384 g/mol. The summed E-state index contributed by atoms with van der Waals surface area (Å²) >= 11 is 5.28. The van der Waals surface area contributed by atoms with Gasteiger partial charge in [0, 0.05) is 24.0 Å². The van der Waals surface area contributed by atoms with Crippen molar-refractivity contribution in [3.63, 3.8) is 0 Å². The molecule has 0 bridgehead atoms. The summed E-state index contributed by atoms with van der Waals surface area (Å²) in [7, 11) is 0. The van der Waals surface area contributed by atoms with Gasteiger partial charge in [-0.15, -0.1) is 0 Å². The number of nitrogens with zero attached hydrogens (tertiary/aromatic N) is 1. The number of rotatable bonds is 5. The van der Waals surface area contributed by atoms with Gasteiger partial charge in [0.05, 0.1) is 16.6 Å². The second-order valence-electron chi connectivity index (χ2n) is 5.75. The summed E-state index contributed by atoms with van der Waals surface area (Å²) in [5.74, 6) is -1.04. The number of hydrogen-bond donors (Lipinski definition) is 4. The van der Waals surface area contributed by atoms with Gasteiger partial charge in [-0.2, -0.15) is 5.23 Å². The van der Waals surface area contributed by atoms with Crippen LogP contribution in [-0.4, -0.2) is 26.4 Å². The van der Waals surface area contributed by atoms with Crippen LogP contribution in [0.1, 0.15) is 6.92 Å². The molecule has 0 aliphatic carbocycles. The normalized spacial score (nSPS) is 12.8. The maximum atomic E-state index is 12.6. The second-order valence-corrected chi connectivity index (χ2v) is 6.14. The number of imidazole rings is 1. The lowest BCUT2D eigenvalue weighted by atomic mass is 10.1. The fraction of sp³-hybridized carbons (Fsp3) is 0.0556. The Morgan fingerprint density at radius 1 is 1.22 bits per heavy atom. The zero-order chi connectivity index (χ0) is 19.6. The van der Waals surface area contributed by atoms with E-state index in [1.54, 1.807) is 4.57 Å². The lowest BCUT2D eigenvalue weighted by molar-refractivity contribution is -0.991. The highest BCUT2D eigenvalue weighted by Gasteiger charge is 2.16. The third kappa shape index (κ3) is 4.01. The van der Waals surface area contributed by atoms with Crippen molar-refractivity contribution in [3.8, 4) is 0 Å². The number of quaternary nitrogens is 1. The minimum Gasteiger partial charge on any atom is -0.595 e. The number of aromatic amines is 1. The van der Waals surface area contributed by atoms with E-state index in [9.17, 15) is 14.8 Å². The van der Waals surface area contributed by atoms with E-state index in [0.29, 0.717) is 10.5 Å². The third-order valence-corrected chi connectivity index (χ3v) is 4.19.